The van der Waals surface area contributed by atoms with E-state index < -0.39 is 0 Å². The van der Waals surface area contributed by atoms with Gasteiger partial charge in [0.05, 0.1) is 18.5 Å². The molecule has 1 fully saturated rings. The lowest BCUT2D eigenvalue weighted by Gasteiger charge is -2.18. The fourth-order valence-corrected chi connectivity index (χ4v) is 6.31. The molecule has 1 saturated heterocycles. The molecule has 170 valence electrons. The largest absolute Gasteiger partial charge is 0.494 e. The standard InChI is InChI=1S/C26H33N3O2S/c1-19-9-8-10-20(17-19)31-16-7-6-15-29-23(18-28-13-4-5-14-28)27-25-24(26(29)30)21-11-2-3-12-22(21)32-25/h8-10,17H,2-7,11-16,18H2,1H3. The van der Waals surface area contributed by atoms with Crippen LogP contribution in [0.2, 0.25) is 0 Å². The van der Waals surface area contributed by atoms with Gasteiger partial charge in [0.2, 0.25) is 0 Å². The monoisotopic (exact) mass is 451 g/mol. The van der Waals surface area contributed by atoms with E-state index in [1.165, 1.54) is 41.7 Å². The summed E-state index contributed by atoms with van der Waals surface area (Å²) in [5, 5.41) is 0.908. The molecule has 0 spiro atoms. The lowest BCUT2D eigenvalue weighted by Crippen LogP contribution is -2.30. The minimum absolute atomic E-state index is 0.184. The van der Waals surface area contributed by atoms with Crippen molar-refractivity contribution in [2.75, 3.05) is 19.7 Å². The van der Waals surface area contributed by atoms with Gasteiger partial charge in [-0.15, -0.1) is 11.3 Å². The number of rotatable bonds is 8. The molecule has 1 aromatic carbocycles. The number of aryl methyl sites for hydroxylation is 3. The van der Waals surface area contributed by atoms with Crippen LogP contribution in [0.5, 0.6) is 5.75 Å². The molecule has 1 aliphatic carbocycles. The molecule has 2 aliphatic rings. The maximum Gasteiger partial charge on any atom is 0.262 e. The zero-order valence-electron chi connectivity index (χ0n) is 19.1. The van der Waals surface area contributed by atoms with Crippen molar-refractivity contribution in [2.45, 2.75) is 71.4 Å². The Hall–Kier alpha value is -2.18. The van der Waals surface area contributed by atoms with Crippen LogP contribution in [0.25, 0.3) is 10.2 Å². The number of unbranched alkanes of at least 4 members (excludes halogenated alkanes) is 1. The van der Waals surface area contributed by atoms with Crippen molar-refractivity contribution in [3.63, 3.8) is 0 Å². The van der Waals surface area contributed by atoms with Gasteiger partial charge in [-0.3, -0.25) is 14.3 Å². The minimum Gasteiger partial charge on any atom is -0.494 e. The third kappa shape index (κ3) is 4.62. The van der Waals surface area contributed by atoms with E-state index in [1.54, 1.807) is 11.3 Å². The number of hydrogen-bond acceptors (Lipinski definition) is 5. The maximum atomic E-state index is 13.7. The maximum absolute atomic E-state index is 13.7. The van der Waals surface area contributed by atoms with Crippen LogP contribution in [0.15, 0.2) is 29.1 Å². The van der Waals surface area contributed by atoms with Crippen LogP contribution in [-0.4, -0.2) is 34.1 Å². The fourth-order valence-electron chi connectivity index (χ4n) is 5.04. The van der Waals surface area contributed by atoms with Gasteiger partial charge in [0, 0.05) is 11.4 Å². The van der Waals surface area contributed by atoms with E-state index in [4.69, 9.17) is 9.72 Å². The van der Waals surface area contributed by atoms with Gasteiger partial charge >= 0.3 is 0 Å². The predicted molar refractivity (Wildman–Crippen MR) is 131 cm³/mol. The number of ether oxygens (including phenoxy) is 1. The van der Waals surface area contributed by atoms with Crippen LogP contribution in [-0.2, 0) is 25.9 Å². The van der Waals surface area contributed by atoms with Crippen molar-refractivity contribution in [2.24, 2.45) is 0 Å². The SMILES string of the molecule is Cc1cccc(OCCCCn2c(CN3CCCC3)nc3sc4c(c3c2=O)CCCC4)c1. The van der Waals surface area contributed by atoms with Crippen LogP contribution in [0.4, 0.5) is 0 Å². The number of nitrogens with zero attached hydrogens (tertiary/aromatic N) is 3. The van der Waals surface area contributed by atoms with Crippen LogP contribution in [0.1, 0.15) is 60.4 Å². The molecule has 6 heteroatoms. The van der Waals surface area contributed by atoms with Crippen molar-refractivity contribution < 1.29 is 4.74 Å². The highest BCUT2D eigenvalue weighted by Crippen LogP contribution is 2.34. The Morgan fingerprint density at radius 2 is 1.94 bits per heavy atom. The van der Waals surface area contributed by atoms with E-state index in [2.05, 4.69) is 24.0 Å². The molecular formula is C26H33N3O2S. The Morgan fingerprint density at radius 1 is 1.09 bits per heavy atom. The average molecular weight is 452 g/mol. The third-order valence-corrected chi connectivity index (χ3v) is 7.94. The molecule has 0 N–H and O–H groups in total. The summed E-state index contributed by atoms with van der Waals surface area (Å²) in [5.41, 5.74) is 2.68. The zero-order chi connectivity index (χ0) is 21.9. The fraction of sp³-hybridized carbons (Fsp3) is 0.538. The molecule has 0 amide bonds. The van der Waals surface area contributed by atoms with E-state index in [0.717, 1.165) is 67.1 Å². The van der Waals surface area contributed by atoms with Gasteiger partial charge in [-0.25, -0.2) is 4.98 Å². The predicted octanol–water partition coefficient (Wildman–Crippen LogP) is 5.10. The second kappa shape index (κ2) is 9.75. The summed E-state index contributed by atoms with van der Waals surface area (Å²) >= 11 is 1.76. The van der Waals surface area contributed by atoms with Gasteiger partial charge in [0.15, 0.2) is 0 Å². The quantitative estimate of drug-likeness (QED) is 0.447. The molecule has 2 aromatic heterocycles. The van der Waals surface area contributed by atoms with Crippen LogP contribution in [0.3, 0.4) is 0 Å². The summed E-state index contributed by atoms with van der Waals surface area (Å²) in [6, 6.07) is 8.17. The number of likely N-dealkylation sites (tertiary alicyclic amines) is 1. The molecule has 0 saturated carbocycles. The first kappa shape index (κ1) is 21.7. The summed E-state index contributed by atoms with van der Waals surface area (Å²) in [5.74, 6) is 1.87. The summed E-state index contributed by atoms with van der Waals surface area (Å²) in [6.07, 6.45) is 8.88. The topological polar surface area (TPSA) is 47.4 Å². The first-order valence-electron chi connectivity index (χ1n) is 12.1. The molecule has 3 heterocycles. The summed E-state index contributed by atoms with van der Waals surface area (Å²) < 4.78 is 7.90. The van der Waals surface area contributed by atoms with E-state index >= 15 is 0 Å². The Balaban J connectivity index is 1.34. The van der Waals surface area contributed by atoms with Gasteiger partial charge < -0.3 is 4.74 Å². The molecule has 0 unspecified atom stereocenters. The highest BCUT2D eigenvalue weighted by atomic mass is 32.1. The average Bonchev–Trinajstić information content (AvgIpc) is 3.43. The molecule has 0 bridgehead atoms. The van der Waals surface area contributed by atoms with E-state index in [9.17, 15) is 4.79 Å². The van der Waals surface area contributed by atoms with Crippen molar-refractivity contribution in [1.82, 2.24) is 14.5 Å². The van der Waals surface area contributed by atoms with Gasteiger partial charge in [0.25, 0.3) is 5.56 Å². The van der Waals surface area contributed by atoms with Crippen LogP contribution < -0.4 is 10.3 Å². The van der Waals surface area contributed by atoms with Crippen LogP contribution in [0, 0.1) is 6.92 Å². The van der Waals surface area contributed by atoms with Gasteiger partial charge in [0.1, 0.15) is 16.4 Å². The summed E-state index contributed by atoms with van der Waals surface area (Å²) in [6.45, 7) is 6.47. The smallest absolute Gasteiger partial charge is 0.262 e. The first-order chi connectivity index (χ1) is 15.7. The lowest BCUT2D eigenvalue weighted by molar-refractivity contribution is 0.296. The van der Waals surface area contributed by atoms with Crippen molar-refractivity contribution in [3.8, 4) is 5.75 Å². The van der Waals surface area contributed by atoms with Crippen molar-refractivity contribution in [3.05, 3.63) is 56.4 Å². The van der Waals surface area contributed by atoms with Crippen molar-refractivity contribution in [1.29, 1.82) is 0 Å². The molecule has 3 aromatic rings. The molecule has 32 heavy (non-hydrogen) atoms. The highest BCUT2D eigenvalue weighted by molar-refractivity contribution is 7.18. The molecule has 0 radical (unpaired) electrons. The van der Waals surface area contributed by atoms with Gasteiger partial charge in [-0.1, -0.05) is 12.1 Å². The molecule has 0 atom stereocenters. The number of benzene rings is 1. The normalized spacial score (nSPS) is 16.5. The zero-order valence-corrected chi connectivity index (χ0v) is 19.9. The van der Waals surface area contributed by atoms with Crippen LogP contribution >= 0.6 is 11.3 Å². The molecule has 1 aliphatic heterocycles. The second-order valence-corrected chi connectivity index (χ2v) is 10.3. The lowest BCUT2D eigenvalue weighted by atomic mass is 9.97. The third-order valence-electron chi connectivity index (χ3n) is 6.75. The molecule has 5 nitrogen and oxygen atoms in total. The Morgan fingerprint density at radius 3 is 2.78 bits per heavy atom. The number of hydrogen-bond donors (Lipinski definition) is 0. The second-order valence-electron chi connectivity index (χ2n) is 9.23. The Labute approximate surface area is 194 Å². The van der Waals surface area contributed by atoms with E-state index in [-0.39, 0.29) is 5.56 Å². The molecule has 5 rings (SSSR count). The Kier molecular flexibility index (Phi) is 6.60. The summed E-state index contributed by atoms with van der Waals surface area (Å²) in [4.78, 5) is 23.5. The number of aromatic nitrogens is 2. The van der Waals surface area contributed by atoms with E-state index in [1.807, 2.05) is 16.7 Å². The number of thiophene rings is 1. The minimum atomic E-state index is 0.184. The van der Waals surface area contributed by atoms with Crippen molar-refractivity contribution >= 4 is 21.6 Å². The van der Waals surface area contributed by atoms with Gasteiger partial charge in [-0.2, -0.15) is 0 Å². The summed E-state index contributed by atoms with van der Waals surface area (Å²) in [7, 11) is 0. The first-order valence-corrected chi connectivity index (χ1v) is 13.0. The van der Waals surface area contributed by atoms with E-state index in [0.29, 0.717) is 13.2 Å². The number of fused-ring (bicyclic) bond motifs is 3. The molecular weight excluding hydrogens is 418 g/mol. The Bertz CT molecular complexity index is 1140. The highest BCUT2D eigenvalue weighted by Gasteiger charge is 2.23. The van der Waals surface area contributed by atoms with Gasteiger partial charge in [-0.05, 0) is 94.6 Å².